The molecule has 3 aromatic rings. The topological polar surface area (TPSA) is 203 Å². The van der Waals surface area contributed by atoms with Gasteiger partial charge in [0.15, 0.2) is 0 Å². The van der Waals surface area contributed by atoms with Gasteiger partial charge >= 0.3 is 5.97 Å². The molecule has 0 aromatic heterocycles. The molecule has 61 heavy (non-hydrogen) atoms. The minimum absolute atomic E-state index is 0.00328. The predicted octanol–water partition coefficient (Wildman–Crippen LogP) is 4.75. The van der Waals surface area contributed by atoms with Crippen molar-refractivity contribution in [1.82, 2.24) is 26.6 Å². The van der Waals surface area contributed by atoms with Gasteiger partial charge in [0.1, 0.15) is 17.6 Å². The first-order valence-electron chi connectivity index (χ1n) is 21.5. The monoisotopic (exact) mass is 841 g/mol. The number of aliphatic hydroxyl groups is 1. The van der Waals surface area contributed by atoms with Gasteiger partial charge in [0.25, 0.3) is 0 Å². The molecule has 7 atom stereocenters. The Kier molecular flexibility index (Phi) is 20.1. The number of rotatable bonds is 25. The van der Waals surface area contributed by atoms with Gasteiger partial charge in [-0.2, -0.15) is 0 Å². The molecule has 5 amide bonds. The molecule has 0 aliphatic rings. The SMILES string of the molecule is CC[C@H](C)[C@H](NC(=O)C[C@H](O)[C@H](Cc1ccccc1)NC(=O)[C@@H](NC(=O)CC[C@H](C)CNC(=O)Cc1ccccc1)C(C)C)C(=O)N[C@](Cc1ccccc1)(C(=O)O)C(C)C. The molecule has 0 aliphatic carbocycles. The summed E-state index contributed by atoms with van der Waals surface area (Å²) < 4.78 is 0. The zero-order chi connectivity index (χ0) is 45.1. The molecule has 3 rings (SSSR count). The van der Waals surface area contributed by atoms with Crippen LogP contribution in [0, 0.1) is 23.7 Å². The number of aliphatic hydroxyl groups excluding tert-OH is 1. The standard InChI is InChI=1S/C48H67N5O8/c1-8-34(7)44(46(59)53-48(32(4)5,47(60)61)29-37-22-16-11-17-23-37)52-42(57)28-39(54)38(26-35-18-12-9-13-19-35)50-45(58)43(31(2)3)51-40(55)25-24-33(6)30-49-41(56)27-36-20-14-10-15-21-36/h9-23,31-34,38-39,43-44,54H,8,24-30H2,1-7H3,(H,49,56)(H,50,58)(H,51,55)(H,52,57)(H,53,59)(H,60,61)/t33-,34-,38-,39-,43-,44-,48-/m0/s1. The van der Waals surface area contributed by atoms with E-state index in [2.05, 4.69) is 26.6 Å². The fourth-order valence-electron chi connectivity index (χ4n) is 7.07. The van der Waals surface area contributed by atoms with Crippen LogP contribution in [0.3, 0.4) is 0 Å². The molecular weight excluding hydrogens is 775 g/mol. The fraction of sp³-hybridized carbons (Fsp3) is 0.500. The zero-order valence-electron chi connectivity index (χ0n) is 36.8. The third kappa shape index (κ3) is 16.1. The summed E-state index contributed by atoms with van der Waals surface area (Å²) in [5.41, 5.74) is 0.758. The molecule has 332 valence electrons. The lowest BCUT2D eigenvalue weighted by Gasteiger charge is -2.37. The van der Waals surface area contributed by atoms with Crippen LogP contribution in [0.15, 0.2) is 91.0 Å². The minimum Gasteiger partial charge on any atom is -0.479 e. The van der Waals surface area contributed by atoms with Crippen molar-refractivity contribution in [1.29, 1.82) is 0 Å². The van der Waals surface area contributed by atoms with Crippen molar-refractivity contribution >= 4 is 35.5 Å². The van der Waals surface area contributed by atoms with E-state index in [4.69, 9.17) is 0 Å². The predicted molar refractivity (Wildman–Crippen MR) is 236 cm³/mol. The second-order valence-corrected chi connectivity index (χ2v) is 17.0. The van der Waals surface area contributed by atoms with E-state index in [1.807, 2.05) is 80.6 Å². The third-order valence-corrected chi connectivity index (χ3v) is 11.3. The van der Waals surface area contributed by atoms with E-state index >= 15 is 0 Å². The van der Waals surface area contributed by atoms with Gasteiger partial charge in [-0.05, 0) is 53.2 Å². The summed E-state index contributed by atoms with van der Waals surface area (Å²) in [5, 5.41) is 36.2. The summed E-state index contributed by atoms with van der Waals surface area (Å²) in [4.78, 5) is 79.9. The molecular formula is C48H67N5O8. The van der Waals surface area contributed by atoms with Gasteiger partial charge in [-0.3, -0.25) is 24.0 Å². The van der Waals surface area contributed by atoms with Gasteiger partial charge in [-0.25, -0.2) is 4.79 Å². The van der Waals surface area contributed by atoms with Gasteiger partial charge in [0.05, 0.1) is 25.0 Å². The van der Waals surface area contributed by atoms with Crippen molar-refractivity contribution in [2.75, 3.05) is 6.54 Å². The molecule has 0 radical (unpaired) electrons. The Morgan fingerprint density at radius 1 is 0.656 bits per heavy atom. The first-order chi connectivity index (χ1) is 28.9. The first-order valence-corrected chi connectivity index (χ1v) is 21.5. The van der Waals surface area contributed by atoms with Crippen molar-refractivity contribution in [2.45, 2.75) is 123 Å². The van der Waals surface area contributed by atoms with E-state index in [0.29, 0.717) is 19.4 Å². The highest BCUT2D eigenvalue weighted by Crippen LogP contribution is 2.25. The Bertz CT molecular complexity index is 1860. The van der Waals surface area contributed by atoms with Crippen LogP contribution < -0.4 is 26.6 Å². The smallest absolute Gasteiger partial charge is 0.330 e. The number of carboxylic acid groups (broad SMARTS) is 1. The number of aliphatic carboxylic acids is 1. The van der Waals surface area contributed by atoms with Crippen LogP contribution >= 0.6 is 0 Å². The van der Waals surface area contributed by atoms with E-state index < -0.39 is 71.7 Å². The van der Waals surface area contributed by atoms with E-state index in [0.717, 1.165) is 16.7 Å². The first kappa shape index (κ1) is 49.8. The van der Waals surface area contributed by atoms with Crippen LogP contribution in [0.2, 0.25) is 0 Å². The summed E-state index contributed by atoms with van der Waals surface area (Å²) in [6, 6.07) is 24.6. The number of hydrogen-bond acceptors (Lipinski definition) is 7. The van der Waals surface area contributed by atoms with E-state index in [1.165, 1.54) is 0 Å². The lowest BCUT2D eigenvalue weighted by Crippen LogP contribution is -2.64. The Hall–Kier alpha value is -5.56. The average molecular weight is 842 g/mol. The van der Waals surface area contributed by atoms with Crippen LogP contribution in [0.5, 0.6) is 0 Å². The zero-order valence-corrected chi connectivity index (χ0v) is 36.8. The molecule has 0 aliphatic heterocycles. The second kappa shape index (κ2) is 24.6. The van der Waals surface area contributed by atoms with Gasteiger partial charge in [0.2, 0.25) is 29.5 Å². The van der Waals surface area contributed by atoms with Crippen molar-refractivity contribution in [2.24, 2.45) is 23.7 Å². The lowest BCUT2D eigenvalue weighted by molar-refractivity contribution is -0.150. The summed E-state index contributed by atoms with van der Waals surface area (Å²) in [6.07, 6.45) is -0.330. The molecule has 0 heterocycles. The molecule has 0 bridgehead atoms. The summed E-state index contributed by atoms with van der Waals surface area (Å²) in [5.74, 6) is -4.71. The number of nitrogens with one attached hydrogen (secondary N) is 5. The van der Waals surface area contributed by atoms with Crippen LogP contribution in [-0.2, 0) is 48.0 Å². The number of carbonyl (C=O) groups is 6. The molecule has 0 unspecified atom stereocenters. The summed E-state index contributed by atoms with van der Waals surface area (Å²) in [7, 11) is 0. The highest BCUT2D eigenvalue weighted by atomic mass is 16.4. The third-order valence-electron chi connectivity index (χ3n) is 11.3. The Morgan fingerprint density at radius 3 is 1.72 bits per heavy atom. The van der Waals surface area contributed by atoms with E-state index in [1.54, 1.807) is 58.9 Å². The molecule has 13 nitrogen and oxygen atoms in total. The van der Waals surface area contributed by atoms with Gasteiger partial charge in [-0.1, -0.05) is 146 Å². The van der Waals surface area contributed by atoms with E-state index in [-0.39, 0.29) is 49.3 Å². The van der Waals surface area contributed by atoms with Gasteiger partial charge < -0.3 is 36.8 Å². The fourth-order valence-corrected chi connectivity index (χ4v) is 7.07. The van der Waals surface area contributed by atoms with Gasteiger partial charge in [0, 0.05) is 19.4 Å². The number of amides is 5. The largest absolute Gasteiger partial charge is 0.479 e. The summed E-state index contributed by atoms with van der Waals surface area (Å²) >= 11 is 0. The van der Waals surface area contributed by atoms with Crippen LogP contribution in [-0.4, -0.2) is 82.0 Å². The molecule has 3 aromatic carbocycles. The Morgan fingerprint density at radius 2 is 1.20 bits per heavy atom. The average Bonchev–Trinajstić information content (AvgIpc) is 3.23. The maximum absolute atomic E-state index is 14.0. The molecule has 0 saturated heterocycles. The van der Waals surface area contributed by atoms with Crippen LogP contribution in [0.4, 0.5) is 0 Å². The second-order valence-electron chi connectivity index (χ2n) is 17.0. The quantitative estimate of drug-likeness (QED) is 0.0633. The van der Waals surface area contributed by atoms with Crippen molar-refractivity contribution in [3.8, 4) is 0 Å². The van der Waals surface area contributed by atoms with Crippen molar-refractivity contribution in [3.05, 3.63) is 108 Å². The number of carbonyl (C=O) groups excluding carboxylic acids is 5. The normalized spacial score (nSPS) is 15.2. The number of hydrogen-bond donors (Lipinski definition) is 7. The minimum atomic E-state index is -1.67. The Labute approximate surface area is 361 Å². The molecule has 7 N–H and O–H groups in total. The van der Waals surface area contributed by atoms with Crippen molar-refractivity contribution < 1.29 is 39.0 Å². The van der Waals surface area contributed by atoms with Crippen molar-refractivity contribution in [3.63, 3.8) is 0 Å². The molecule has 0 fully saturated rings. The Balaban J connectivity index is 1.69. The van der Waals surface area contributed by atoms with Crippen LogP contribution in [0.1, 0.15) is 90.8 Å². The molecule has 0 spiro atoms. The molecule has 0 saturated carbocycles. The lowest BCUT2D eigenvalue weighted by atomic mass is 9.80. The molecule has 13 heteroatoms. The summed E-state index contributed by atoms with van der Waals surface area (Å²) in [6.45, 7) is 13.0. The highest BCUT2D eigenvalue weighted by Gasteiger charge is 2.45. The van der Waals surface area contributed by atoms with Crippen LogP contribution in [0.25, 0.3) is 0 Å². The maximum Gasteiger partial charge on any atom is 0.330 e. The number of benzene rings is 3. The highest BCUT2D eigenvalue weighted by molar-refractivity contribution is 5.93. The number of carboxylic acids is 1. The van der Waals surface area contributed by atoms with E-state index in [9.17, 15) is 39.0 Å². The van der Waals surface area contributed by atoms with Gasteiger partial charge in [-0.15, -0.1) is 0 Å². The maximum atomic E-state index is 14.0.